The third-order valence-corrected chi connectivity index (χ3v) is 4.56. The molecule has 0 unspecified atom stereocenters. The molecule has 2 fully saturated rings. The van der Waals surface area contributed by atoms with Crippen LogP contribution in [0.15, 0.2) is 0 Å². The molecule has 2 saturated carbocycles. The van der Waals surface area contributed by atoms with Crippen molar-refractivity contribution in [2.45, 2.75) is 51.7 Å². The fourth-order valence-corrected chi connectivity index (χ4v) is 3.44. The van der Waals surface area contributed by atoms with E-state index in [2.05, 4.69) is 26.1 Å². The monoisotopic (exact) mass is 183 g/mol. The van der Waals surface area contributed by atoms with Gasteiger partial charge in [-0.1, -0.05) is 20.8 Å². The van der Waals surface area contributed by atoms with Gasteiger partial charge in [-0.2, -0.15) is 0 Å². The first-order valence-electron chi connectivity index (χ1n) is 5.48. The van der Waals surface area contributed by atoms with Gasteiger partial charge in [-0.15, -0.1) is 0 Å². The molecule has 2 aliphatic carbocycles. The molecule has 2 nitrogen and oxygen atoms in total. The maximum absolute atomic E-state index is 10.6. The van der Waals surface area contributed by atoms with Crippen molar-refractivity contribution in [3.05, 3.63) is 0 Å². The zero-order chi connectivity index (χ0) is 9.69. The third kappa shape index (κ3) is 1.02. The van der Waals surface area contributed by atoms with Gasteiger partial charge in [0.1, 0.15) is 0 Å². The standard InChI is InChI=1S/C11H21NO/c1-4-12-9-7-8-5-6-11(9,13)10(8,2)3/h8-9,12-13H,4-7H2,1-3H3/t8-,9-,11-/m0/s1. The van der Waals surface area contributed by atoms with Crippen LogP contribution in [0.1, 0.15) is 40.0 Å². The highest BCUT2D eigenvalue weighted by atomic mass is 16.3. The number of aliphatic hydroxyl groups is 1. The summed E-state index contributed by atoms with van der Waals surface area (Å²) in [5, 5.41) is 14.0. The van der Waals surface area contributed by atoms with Gasteiger partial charge in [0.2, 0.25) is 0 Å². The first kappa shape index (κ1) is 9.47. The van der Waals surface area contributed by atoms with Crippen molar-refractivity contribution in [1.82, 2.24) is 5.32 Å². The van der Waals surface area contributed by atoms with E-state index >= 15 is 0 Å². The predicted molar refractivity (Wildman–Crippen MR) is 53.5 cm³/mol. The summed E-state index contributed by atoms with van der Waals surface area (Å²) in [6.07, 6.45) is 3.37. The molecule has 0 saturated heterocycles. The summed E-state index contributed by atoms with van der Waals surface area (Å²) in [5.41, 5.74) is -0.312. The summed E-state index contributed by atoms with van der Waals surface area (Å²) in [6.45, 7) is 7.53. The fraction of sp³-hybridized carbons (Fsp3) is 1.00. The zero-order valence-corrected chi connectivity index (χ0v) is 8.93. The predicted octanol–water partition coefficient (Wildman–Crippen LogP) is 1.54. The van der Waals surface area contributed by atoms with E-state index < -0.39 is 5.60 Å². The lowest BCUT2D eigenvalue weighted by molar-refractivity contribution is -0.0484. The zero-order valence-electron chi connectivity index (χ0n) is 8.93. The Morgan fingerprint density at radius 3 is 2.54 bits per heavy atom. The Morgan fingerprint density at radius 2 is 2.15 bits per heavy atom. The molecule has 0 spiro atoms. The lowest BCUT2D eigenvalue weighted by atomic mass is 9.78. The maximum Gasteiger partial charge on any atom is 0.0853 e. The molecule has 0 aromatic carbocycles. The molecular formula is C11H21NO. The second-order valence-electron chi connectivity index (χ2n) is 5.23. The average Bonchev–Trinajstić information content (AvgIpc) is 2.37. The largest absolute Gasteiger partial charge is 0.388 e. The van der Waals surface area contributed by atoms with Gasteiger partial charge in [-0.3, -0.25) is 0 Å². The van der Waals surface area contributed by atoms with Crippen LogP contribution in [0.2, 0.25) is 0 Å². The maximum atomic E-state index is 10.6. The molecule has 76 valence electrons. The van der Waals surface area contributed by atoms with Crippen molar-refractivity contribution in [2.24, 2.45) is 11.3 Å². The van der Waals surface area contributed by atoms with Crippen LogP contribution in [0.4, 0.5) is 0 Å². The Labute approximate surface area is 80.7 Å². The Kier molecular flexibility index (Phi) is 1.97. The lowest BCUT2D eigenvalue weighted by Crippen LogP contribution is -2.52. The van der Waals surface area contributed by atoms with Crippen LogP contribution >= 0.6 is 0 Å². The minimum Gasteiger partial charge on any atom is -0.388 e. The Bertz CT molecular complexity index is 214. The van der Waals surface area contributed by atoms with E-state index in [4.69, 9.17) is 0 Å². The van der Waals surface area contributed by atoms with Gasteiger partial charge in [-0.25, -0.2) is 0 Å². The van der Waals surface area contributed by atoms with Crippen molar-refractivity contribution in [3.63, 3.8) is 0 Å². The van der Waals surface area contributed by atoms with Crippen LogP contribution in [-0.2, 0) is 0 Å². The number of likely N-dealkylation sites (N-methyl/N-ethyl adjacent to an activating group) is 1. The number of rotatable bonds is 2. The lowest BCUT2D eigenvalue weighted by Gasteiger charge is -2.37. The molecule has 2 N–H and O–H groups in total. The molecule has 0 aromatic heterocycles. The molecule has 2 aliphatic rings. The van der Waals surface area contributed by atoms with E-state index in [1.165, 1.54) is 6.42 Å². The molecule has 0 amide bonds. The second kappa shape index (κ2) is 2.71. The number of hydrogen-bond donors (Lipinski definition) is 2. The normalized spacial score (nSPS) is 47.1. The van der Waals surface area contributed by atoms with E-state index in [1.807, 2.05) is 0 Å². The molecule has 2 rings (SSSR count). The van der Waals surface area contributed by atoms with Crippen molar-refractivity contribution < 1.29 is 5.11 Å². The molecule has 0 aromatic rings. The minimum atomic E-state index is -0.437. The summed E-state index contributed by atoms with van der Waals surface area (Å²) >= 11 is 0. The summed E-state index contributed by atoms with van der Waals surface area (Å²) < 4.78 is 0. The Morgan fingerprint density at radius 1 is 1.46 bits per heavy atom. The number of nitrogens with one attached hydrogen (secondary N) is 1. The SMILES string of the molecule is CCN[C@H]1C[C@@H]2CC[C@@]1(O)C2(C)C. The molecule has 0 aliphatic heterocycles. The van der Waals surface area contributed by atoms with E-state index in [1.54, 1.807) is 0 Å². The van der Waals surface area contributed by atoms with Crippen LogP contribution in [0, 0.1) is 11.3 Å². The molecule has 3 atom stereocenters. The summed E-state index contributed by atoms with van der Waals surface area (Å²) in [7, 11) is 0. The molecular weight excluding hydrogens is 162 g/mol. The van der Waals surface area contributed by atoms with Gasteiger partial charge in [0.05, 0.1) is 5.60 Å². The molecule has 2 bridgehead atoms. The van der Waals surface area contributed by atoms with Crippen molar-refractivity contribution >= 4 is 0 Å². The van der Waals surface area contributed by atoms with E-state index in [-0.39, 0.29) is 5.41 Å². The van der Waals surface area contributed by atoms with Crippen LogP contribution < -0.4 is 5.32 Å². The second-order valence-corrected chi connectivity index (χ2v) is 5.23. The van der Waals surface area contributed by atoms with Crippen LogP contribution in [0.25, 0.3) is 0 Å². The summed E-state index contributed by atoms with van der Waals surface area (Å²) in [6, 6.07) is 0.339. The van der Waals surface area contributed by atoms with Gasteiger partial charge < -0.3 is 10.4 Å². The molecule has 0 heterocycles. The smallest absolute Gasteiger partial charge is 0.0853 e. The highest BCUT2D eigenvalue weighted by molar-refractivity contribution is 5.16. The highest BCUT2D eigenvalue weighted by Gasteiger charge is 2.63. The average molecular weight is 183 g/mol. The van der Waals surface area contributed by atoms with Crippen LogP contribution in [-0.4, -0.2) is 23.3 Å². The first-order valence-corrected chi connectivity index (χ1v) is 5.48. The number of fused-ring (bicyclic) bond motifs is 2. The van der Waals surface area contributed by atoms with Gasteiger partial charge in [0.25, 0.3) is 0 Å². The number of hydrogen-bond acceptors (Lipinski definition) is 2. The minimum absolute atomic E-state index is 0.125. The Hall–Kier alpha value is -0.0800. The summed E-state index contributed by atoms with van der Waals surface area (Å²) in [5.74, 6) is 0.724. The molecule has 2 heteroatoms. The first-order chi connectivity index (χ1) is 6.02. The van der Waals surface area contributed by atoms with E-state index in [9.17, 15) is 5.11 Å². The fourth-order valence-electron chi connectivity index (χ4n) is 3.44. The van der Waals surface area contributed by atoms with Gasteiger partial charge in [-0.05, 0) is 37.1 Å². The van der Waals surface area contributed by atoms with E-state index in [0.717, 1.165) is 25.3 Å². The molecule has 0 radical (unpaired) electrons. The Balaban J connectivity index is 2.22. The topological polar surface area (TPSA) is 32.3 Å². The van der Waals surface area contributed by atoms with Crippen molar-refractivity contribution in [3.8, 4) is 0 Å². The summed E-state index contributed by atoms with van der Waals surface area (Å²) in [4.78, 5) is 0. The van der Waals surface area contributed by atoms with Crippen molar-refractivity contribution in [2.75, 3.05) is 6.54 Å². The highest BCUT2D eigenvalue weighted by Crippen LogP contribution is 2.59. The van der Waals surface area contributed by atoms with Gasteiger partial charge in [0, 0.05) is 6.04 Å². The third-order valence-electron chi connectivity index (χ3n) is 4.56. The van der Waals surface area contributed by atoms with Crippen LogP contribution in [0.3, 0.4) is 0 Å². The van der Waals surface area contributed by atoms with E-state index in [0.29, 0.717) is 6.04 Å². The van der Waals surface area contributed by atoms with Crippen LogP contribution in [0.5, 0.6) is 0 Å². The van der Waals surface area contributed by atoms with Crippen molar-refractivity contribution in [1.29, 1.82) is 0 Å². The quantitative estimate of drug-likeness (QED) is 0.680. The van der Waals surface area contributed by atoms with Gasteiger partial charge >= 0.3 is 0 Å². The molecule has 13 heavy (non-hydrogen) atoms. The van der Waals surface area contributed by atoms with Gasteiger partial charge in [0.15, 0.2) is 0 Å².